The zero-order valence-electron chi connectivity index (χ0n) is 24.0. The molecule has 4 rings (SSSR count). The number of halogens is 2. The van der Waals surface area contributed by atoms with E-state index in [1.165, 1.54) is 45.7 Å². The molecule has 44 heavy (non-hydrogen) atoms. The zero-order chi connectivity index (χ0) is 31.7. The monoisotopic (exact) mass is 701 g/mol. The Morgan fingerprint density at radius 2 is 1.64 bits per heavy atom. The van der Waals surface area contributed by atoms with Gasteiger partial charge in [0.25, 0.3) is 15.9 Å². The van der Waals surface area contributed by atoms with Crippen LogP contribution in [-0.2, 0) is 21.4 Å². The summed E-state index contributed by atoms with van der Waals surface area (Å²) in [7, 11) is 0.178. The molecule has 10 nitrogen and oxygen atoms in total. The average Bonchev–Trinajstić information content (AvgIpc) is 3.03. The molecule has 0 saturated heterocycles. The number of ether oxygens (including phenoxy) is 4. The fourth-order valence-corrected chi connectivity index (χ4v) is 6.19. The second-order valence-corrected chi connectivity index (χ2v) is 12.3. The van der Waals surface area contributed by atoms with Crippen molar-refractivity contribution in [3.63, 3.8) is 0 Å². The van der Waals surface area contributed by atoms with Gasteiger partial charge in [0.2, 0.25) is 0 Å². The van der Waals surface area contributed by atoms with Crippen molar-refractivity contribution in [2.45, 2.75) is 11.5 Å². The van der Waals surface area contributed by atoms with Gasteiger partial charge in [0.05, 0.1) is 42.6 Å². The number of methoxy groups -OCH3 is 3. The molecule has 0 aromatic heterocycles. The summed E-state index contributed by atoms with van der Waals surface area (Å²) in [6.07, 6.45) is 1.40. The summed E-state index contributed by atoms with van der Waals surface area (Å²) in [4.78, 5) is 13.1. The molecule has 1 N–H and O–H groups in total. The Balaban J connectivity index is 1.53. The van der Waals surface area contributed by atoms with Crippen LogP contribution in [0.3, 0.4) is 0 Å². The summed E-state index contributed by atoms with van der Waals surface area (Å²) < 4.78 is 51.1. The van der Waals surface area contributed by atoms with Crippen LogP contribution in [0.4, 0.5) is 5.69 Å². The highest BCUT2D eigenvalue weighted by Crippen LogP contribution is 2.37. The van der Waals surface area contributed by atoms with Crippen LogP contribution in [0.25, 0.3) is 0 Å². The number of nitrogens with zero attached hydrogens (tertiary/aromatic N) is 2. The quantitative estimate of drug-likeness (QED) is 0.133. The average molecular weight is 703 g/mol. The van der Waals surface area contributed by atoms with Gasteiger partial charge in [0.15, 0.2) is 11.5 Å². The Hall–Kier alpha value is -4.26. The van der Waals surface area contributed by atoms with E-state index in [1.54, 1.807) is 54.6 Å². The van der Waals surface area contributed by atoms with Gasteiger partial charge in [-0.15, -0.1) is 0 Å². The molecule has 0 fully saturated rings. The third-order valence-electron chi connectivity index (χ3n) is 6.22. The minimum absolute atomic E-state index is 0.00325. The Labute approximate surface area is 269 Å². The molecule has 0 aliphatic heterocycles. The van der Waals surface area contributed by atoms with E-state index in [1.807, 2.05) is 12.1 Å². The number of carbonyl (C=O) groups excluding carboxylic acids is 1. The lowest BCUT2D eigenvalue weighted by atomic mass is 10.2. The lowest BCUT2D eigenvalue weighted by molar-refractivity contribution is -0.119. The topological polar surface area (TPSA) is 116 Å². The predicted molar refractivity (Wildman–Crippen MR) is 173 cm³/mol. The van der Waals surface area contributed by atoms with E-state index in [9.17, 15) is 13.2 Å². The summed E-state index contributed by atoms with van der Waals surface area (Å²) in [5, 5.41) is 4.67. The SMILES string of the molecule is COc1ccc(OC)c(N(CC(=O)N/N=C\c2cc(Br)c(OCc3ccc(Cl)cc3)c(OC)c2)S(=O)(=O)c2ccccc2)c1. The number of rotatable bonds is 13. The first-order valence-electron chi connectivity index (χ1n) is 13.0. The van der Waals surface area contributed by atoms with Gasteiger partial charge >= 0.3 is 0 Å². The predicted octanol–water partition coefficient (Wildman–Crippen LogP) is 6.05. The van der Waals surface area contributed by atoms with E-state index < -0.39 is 22.5 Å². The summed E-state index contributed by atoms with van der Waals surface area (Å²) >= 11 is 9.46. The van der Waals surface area contributed by atoms with E-state index in [0.717, 1.165) is 9.87 Å². The molecule has 1 amide bonds. The van der Waals surface area contributed by atoms with E-state index in [-0.39, 0.29) is 22.9 Å². The number of hydrogen-bond donors (Lipinski definition) is 1. The molecule has 13 heteroatoms. The van der Waals surface area contributed by atoms with Crippen LogP contribution < -0.4 is 28.7 Å². The van der Waals surface area contributed by atoms with Crippen molar-refractivity contribution in [3.05, 3.63) is 106 Å². The maximum Gasteiger partial charge on any atom is 0.264 e. The van der Waals surface area contributed by atoms with Gasteiger partial charge in [-0.2, -0.15) is 5.10 Å². The van der Waals surface area contributed by atoms with E-state index in [0.29, 0.717) is 32.3 Å². The molecule has 0 atom stereocenters. The summed E-state index contributed by atoms with van der Waals surface area (Å²) in [6, 6.07) is 23.2. The molecule has 0 aliphatic rings. The number of nitrogens with one attached hydrogen (secondary N) is 1. The Bertz CT molecular complexity index is 1740. The number of anilines is 1. The second kappa shape index (κ2) is 15.0. The van der Waals surface area contributed by atoms with Crippen molar-refractivity contribution in [2.75, 3.05) is 32.2 Å². The molecule has 0 saturated carbocycles. The lowest BCUT2D eigenvalue weighted by Gasteiger charge is -2.25. The smallest absolute Gasteiger partial charge is 0.264 e. The zero-order valence-corrected chi connectivity index (χ0v) is 27.1. The van der Waals surface area contributed by atoms with Crippen LogP contribution in [0.5, 0.6) is 23.0 Å². The first kappa shape index (κ1) is 32.6. The van der Waals surface area contributed by atoms with Gasteiger partial charge in [0, 0.05) is 11.1 Å². The molecule has 230 valence electrons. The highest BCUT2D eigenvalue weighted by atomic mass is 79.9. The molecular formula is C31H29BrClN3O7S. The number of amides is 1. The Morgan fingerprint density at radius 3 is 2.30 bits per heavy atom. The van der Waals surface area contributed by atoms with Crippen molar-refractivity contribution >= 4 is 55.4 Å². The van der Waals surface area contributed by atoms with Crippen LogP contribution in [0.1, 0.15) is 11.1 Å². The van der Waals surface area contributed by atoms with Crippen LogP contribution >= 0.6 is 27.5 Å². The number of hydrogen-bond acceptors (Lipinski definition) is 8. The number of carbonyl (C=O) groups is 1. The van der Waals surface area contributed by atoms with Crippen LogP contribution in [-0.4, -0.2) is 48.4 Å². The second-order valence-electron chi connectivity index (χ2n) is 9.10. The van der Waals surface area contributed by atoms with Gasteiger partial charge in [-0.1, -0.05) is 41.9 Å². The number of benzene rings is 4. The third-order valence-corrected chi connectivity index (χ3v) is 8.84. The van der Waals surface area contributed by atoms with Crippen LogP contribution in [0, 0.1) is 0 Å². The van der Waals surface area contributed by atoms with Crippen molar-refractivity contribution < 1.29 is 32.2 Å². The molecule has 0 spiro atoms. The van der Waals surface area contributed by atoms with E-state index >= 15 is 0 Å². The maximum absolute atomic E-state index is 13.7. The lowest BCUT2D eigenvalue weighted by Crippen LogP contribution is -2.39. The van der Waals surface area contributed by atoms with Gasteiger partial charge in [-0.05, 0) is 75.6 Å². The minimum atomic E-state index is -4.19. The standard InChI is InChI=1S/C31H29BrClN3O7S/c1-40-24-13-14-28(41-2)27(17-24)36(44(38,39)25-7-5-4-6-8-25)19-30(37)35-34-18-22-15-26(32)31(29(16-22)42-3)43-20-21-9-11-23(33)12-10-21/h4-18H,19-20H2,1-3H3,(H,35,37)/b34-18-. The molecule has 0 aliphatic carbocycles. The Kier molecular flexibility index (Phi) is 11.1. The molecule has 0 bridgehead atoms. The highest BCUT2D eigenvalue weighted by Gasteiger charge is 2.30. The molecule has 4 aromatic carbocycles. The highest BCUT2D eigenvalue weighted by molar-refractivity contribution is 9.10. The molecular weight excluding hydrogens is 674 g/mol. The molecule has 0 heterocycles. The van der Waals surface area contributed by atoms with Crippen molar-refractivity contribution in [2.24, 2.45) is 5.10 Å². The van der Waals surface area contributed by atoms with Crippen molar-refractivity contribution in [3.8, 4) is 23.0 Å². The molecule has 0 unspecified atom stereocenters. The summed E-state index contributed by atoms with van der Waals surface area (Å²) in [5.74, 6) is 0.841. The first-order chi connectivity index (χ1) is 21.2. The van der Waals surface area contributed by atoms with Crippen LogP contribution in [0.2, 0.25) is 5.02 Å². The summed E-state index contributed by atoms with van der Waals surface area (Å²) in [6.45, 7) is -0.307. The largest absolute Gasteiger partial charge is 0.497 e. The fraction of sp³-hybridized carbons (Fsp3) is 0.161. The van der Waals surface area contributed by atoms with Crippen molar-refractivity contribution in [1.29, 1.82) is 0 Å². The van der Waals surface area contributed by atoms with Gasteiger partial charge in [0.1, 0.15) is 24.7 Å². The van der Waals surface area contributed by atoms with Gasteiger partial charge < -0.3 is 18.9 Å². The number of hydrazone groups is 1. The third kappa shape index (κ3) is 8.01. The fourth-order valence-electron chi connectivity index (χ4n) is 4.05. The van der Waals surface area contributed by atoms with E-state index in [4.69, 9.17) is 30.5 Å². The molecule has 0 radical (unpaired) electrons. The van der Waals surface area contributed by atoms with Crippen LogP contribution in [0.15, 0.2) is 99.4 Å². The summed E-state index contributed by atoms with van der Waals surface area (Å²) in [5.41, 5.74) is 4.02. The normalized spacial score (nSPS) is 11.2. The number of sulfonamides is 1. The van der Waals surface area contributed by atoms with Crippen molar-refractivity contribution in [1.82, 2.24) is 5.43 Å². The molecule has 4 aromatic rings. The Morgan fingerprint density at radius 1 is 0.932 bits per heavy atom. The van der Waals surface area contributed by atoms with Gasteiger partial charge in [-0.25, -0.2) is 13.8 Å². The first-order valence-corrected chi connectivity index (χ1v) is 15.6. The van der Waals surface area contributed by atoms with E-state index in [2.05, 4.69) is 26.5 Å². The minimum Gasteiger partial charge on any atom is -0.497 e. The van der Waals surface area contributed by atoms with Gasteiger partial charge in [-0.3, -0.25) is 9.10 Å². The maximum atomic E-state index is 13.7.